The lowest BCUT2D eigenvalue weighted by Gasteiger charge is -2.13. The van der Waals surface area contributed by atoms with E-state index in [0.29, 0.717) is 5.56 Å². The molecule has 0 aliphatic rings. The molecule has 0 heterocycles. The maximum Gasteiger partial charge on any atom is 0.306 e. The van der Waals surface area contributed by atoms with Gasteiger partial charge in [-0.05, 0) is 48.7 Å². The van der Waals surface area contributed by atoms with E-state index >= 15 is 0 Å². The minimum atomic E-state index is -0.638. The molecule has 0 aromatic heterocycles. The molecule has 0 saturated carbocycles. The summed E-state index contributed by atoms with van der Waals surface area (Å²) in [4.78, 5) is 35.7. The number of hydrogen-bond acceptors (Lipinski definition) is 4. The van der Waals surface area contributed by atoms with E-state index in [-0.39, 0.29) is 18.6 Å². The fourth-order valence-electron chi connectivity index (χ4n) is 2.59. The molecule has 0 spiro atoms. The third-order valence-electron chi connectivity index (χ3n) is 4.09. The molecule has 0 atom stereocenters. The number of para-hydroxylation sites is 1. The van der Waals surface area contributed by atoms with Crippen molar-refractivity contribution < 1.29 is 23.5 Å². The molecule has 1 N–H and O–H groups in total. The third-order valence-corrected chi connectivity index (χ3v) is 4.09. The summed E-state index contributed by atoms with van der Waals surface area (Å²) >= 11 is 0. The first-order valence-corrected chi connectivity index (χ1v) is 8.73. The van der Waals surface area contributed by atoms with Crippen LogP contribution in [-0.4, -0.2) is 24.3 Å². The number of rotatable bonds is 8. The van der Waals surface area contributed by atoms with Crippen LogP contribution in [-0.2, 0) is 20.7 Å². The number of benzene rings is 2. The molecular formula is C21H22FNO4. The fourth-order valence-corrected chi connectivity index (χ4v) is 2.59. The largest absolute Gasteiger partial charge is 0.456 e. The summed E-state index contributed by atoms with van der Waals surface area (Å²) < 4.78 is 17.8. The highest BCUT2D eigenvalue weighted by Crippen LogP contribution is 2.20. The average Bonchev–Trinajstić information content (AvgIpc) is 2.66. The normalized spacial score (nSPS) is 10.3. The fraction of sp³-hybridized carbons (Fsp3) is 0.286. The minimum absolute atomic E-state index is 0.0656. The minimum Gasteiger partial charge on any atom is -0.456 e. The van der Waals surface area contributed by atoms with Crippen molar-refractivity contribution in [1.29, 1.82) is 0 Å². The molecule has 142 valence electrons. The maximum absolute atomic E-state index is 12.8. The Labute approximate surface area is 157 Å². The second-order valence-electron chi connectivity index (χ2n) is 6.10. The molecule has 0 saturated heterocycles. The SMILES string of the molecule is CCc1cccc(C)c1NC(=O)COC(=O)CCC(=O)c1ccc(F)cc1. The number of halogens is 1. The van der Waals surface area contributed by atoms with Gasteiger partial charge in [0.25, 0.3) is 5.91 Å². The third kappa shape index (κ3) is 6.02. The second-order valence-corrected chi connectivity index (χ2v) is 6.10. The molecule has 5 nitrogen and oxygen atoms in total. The Bertz CT molecular complexity index is 831. The molecule has 2 aromatic carbocycles. The number of Topliss-reactive ketones (excluding diaryl/α,β-unsaturated/α-hetero) is 1. The standard InChI is InChI=1S/C21H22FNO4/c1-3-15-6-4-5-14(2)21(15)23-19(25)13-27-20(26)12-11-18(24)16-7-9-17(22)10-8-16/h4-10H,3,11-13H2,1-2H3,(H,23,25). The Morgan fingerprint density at radius 2 is 1.74 bits per heavy atom. The summed E-state index contributed by atoms with van der Waals surface area (Å²) in [7, 11) is 0. The van der Waals surface area contributed by atoms with Gasteiger partial charge in [-0.3, -0.25) is 14.4 Å². The lowest BCUT2D eigenvalue weighted by Crippen LogP contribution is -2.22. The number of ketones is 1. The van der Waals surface area contributed by atoms with Gasteiger partial charge >= 0.3 is 5.97 Å². The number of esters is 1. The van der Waals surface area contributed by atoms with Gasteiger partial charge in [-0.25, -0.2) is 4.39 Å². The topological polar surface area (TPSA) is 72.5 Å². The smallest absolute Gasteiger partial charge is 0.306 e. The van der Waals surface area contributed by atoms with Gasteiger partial charge in [0.2, 0.25) is 0 Å². The highest BCUT2D eigenvalue weighted by Gasteiger charge is 2.13. The first kappa shape index (κ1) is 20.3. The lowest BCUT2D eigenvalue weighted by molar-refractivity contribution is -0.147. The number of aryl methyl sites for hydroxylation is 2. The van der Waals surface area contributed by atoms with Crippen molar-refractivity contribution >= 4 is 23.3 Å². The van der Waals surface area contributed by atoms with Crippen molar-refractivity contribution in [1.82, 2.24) is 0 Å². The van der Waals surface area contributed by atoms with Crippen molar-refractivity contribution in [2.75, 3.05) is 11.9 Å². The Balaban J connectivity index is 1.79. The molecule has 6 heteroatoms. The van der Waals surface area contributed by atoms with Crippen molar-refractivity contribution in [2.45, 2.75) is 33.1 Å². The number of anilines is 1. The van der Waals surface area contributed by atoms with Crippen LogP contribution in [0.4, 0.5) is 10.1 Å². The summed E-state index contributed by atoms with van der Waals surface area (Å²) in [6.07, 6.45) is 0.556. The first-order chi connectivity index (χ1) is 12.9. The van der Waals surface area contributed by atoms with Crippen LogP contribution in [0.2, 0.25) is 0 Å². The first-order valence-electron chi connectivity index (χ1n) is 8.73. The van der Waals surface area contributed by atoms with Crippen LogP contribution in [0.25, 0.3) is 0 Å². The molecule has 0 bridgehead atoms. The van der Waals surface area contributed by atoms with Crippen LogP contribution in [0.5, 0.6) is 0 Å². The number of amides is 1. The van der Waals surface area contributed by atoms with Gasteiger partial charge in [-0.15, -0.1) is 0 Å². The van der Waals surface area contributed by atoms with E-state index in [1.165, 1.54) is 24.3 Å². The van der Waals surface area contributed by atoms with E-state index in [0.717, 1.165) is 23.2 Å². The van der Waals surface area contributed by atoms with E-state index < -0.39 is 24.3 Å². The van der Waals surface area contributed by atoms with Crippen molar-refractivity contribution in [2.24, 2.45) is 0 Å². The number of carbonyl (C=O) groups excluding carboxylic acids is 3. The summed E-state index contributed by atoms with van der Waals surface area (Å²) in [6.45, 7) is 3.46. The summed E-state index contributed by atoms with van der Waals surface area (Å²) in [5.41, 5.74) is 2.99. The molecular weight excluding hydrogens is 349 g/mol. The number of hydrogen-bond donors (Lipinski definition) is 1. The zero-order valence-electron chi connectivity index (χ0n) is 15.4. The van der Waals surface area contributed by atoms with Gasteiger partial charge in [-0.1, -0.05) is 25.1 Å². The van der Waals surface area contributed by atoms with E-state index in [9.17, 15) is 18.8 Å². The van der Waals surface area contributed by atoms with Crippen LogP contribution in [0.1, 0.15) is 41.3 Å². The van der Waals surface area contributed by atoms with Crippen LogP contribution >= 0.6 is 0 Å². The van der Waals surface area contributed by atoms with Crippen molar-refractivity contribution in [3.63, 3.8) is 0 Å². The number of ether oxygens (including phenoxy) is 1. The molecule has 1 amide bonds. The second kappa shape index (κ2) is 9.62. The quantitative estimate of drug-likeness (QED) is 0.565. The van der Waals surface area contributed by atoms with Crippen LogP contribution < -0.4 is 5.32 Å². The summed E-state index contributed by atoms with van der Waals surface area (Å²) in [5, 5.41) is 2.76. The van der Waals surface area contributed by atoms with Gasteiger partial charge in [-0.2, -0.15) is 0 Å². The lowest BCUT2D eigenvalue weighted by atomic mass is 10.1. The van der Waals surface area contributed by atoms with Crippen molar-refractivity contribution in [3.8, 4) is 0 Å². The van der Waals surface area contributed by atoms with Gasteiger partial charge < -0.3 is 10.1 Å². The molecule has 27 heavy (non-hydrogen) atoms. The number of nitrogens with one attached hydrogen (secondary N) is 1. The van der Waals surface area contributed by atoms with E-state index in [1.54, 1.807) is 0 Å². The molecule has 2 aromatic rings. The molecule has 2 rings (SSSR count). The highest BCUT2D eigenvalue weighted by atomic mass is 19.1. The molecule has 0 radical (unpaired) electrons. The Morgan fingerprint density at radius 1 is 1.04 bits per heavy atom. The van der Waals surface area contributed by atoms with Crippen LogP contribution in [0.15, 0.2) is 42.5 Å². The molecule has 0 aliphatic carbocycles. The Morgan fingerprint density at radius 3 is 2.41 bits per heavy atom. The maximum atomic E-state index is 12.8. The van der Waals surface area contributed by atoms with E-state index in [2.05, 4.69) is 5.32 Å². The predicted octanol–water partition coefficient (Wildman–Crippen LogP) is 3.84. The molecule has 0 unspecified atom stereocenters. The van der Waals surface area contributed by atoms with Crippen LogP contribution in [0, 0.1) is 12.7 Å². The molecule has 0 aliphatic heterocycles. The highest BCUT2D eigenvalue weighted by molar-refractivity contribution is 5.98. The zero-order valence-corrected chi connectivity index (χ0v) is 15.4. The van der Waals surface area contributed by atoms with Gasteiger partial charge in [0.1, 0.15) is 5.82 Å². The Hall–Kier alpha value is -3.02. The Kier molecular flexibility index (Phi) is 7.23. The number of carbonyl (C=O) groups is 3. The zero-order chi connectivity index (χ0) is 19.8. The van der Waals surface area contributed by atoms with Gasteiger partial charge in [0.15, 0.2) is 12.4 Å². The molecule has 0 fully saturated rings. The summed E-state index contributed by atoms with van der Waals surface area (Å²) in [5.74, 6) is -1.79. The summed E-state index contributed by atoms with van der Waals surface area (Å²) in [6, 6.07) is 10.8. The van der Waals surface area contributed by atoms with Gasteiger partial charge in [0.05, 0.1) is 6.42 Å². The van der Waals surface area contributed by atoms with Crippen molar-refractivity contribution in [3.05, 3.63) is 65.0 Å². The van der Waals surface area contributed by atoms with Gasteiger partial charge in [0, 0.05) is 17.7 Å². The van der Waals surface area contributed by atoms with Crippen LogP contribution in [0.3, 0.4) is 0 Å². The predicted molar refractivity (Wildman–Crippen MR) is 100 cm³/mol. The van der Waals surface area contributed by atoms with E-state index in [4.69, 9.17) is 4.74 Å². The average molecular weight is 371 g/mol. The van der Waals surface area contributed by atoms with E-state index in [1.807, 2.05) is 32.0 Å². The monoisotopic (exact) mass is 371 g/mol.